The molecule has 1 unspecified atom stereocenters. The summed E-state index contributed by atoms with van der Waals surface area (Å²) in [5.74, 6) is 0. The highest BCUT2D eigenvalue weighted by Crippen LogP contribution is 2.29. The molecule has 2 N–H and O–H groups in total. The summed E-state index contributed by atoms with van der Waals surface area (Å²) in [6.45, 7) is 4.92. The van der Waals surface area contributed by atoms with Crippen molar-refractivity contribution in [2.45, 2.75) is 69.5 Å². The minimum absolute atomic E-state index is 0.0716. The Labute approximate surface area is 126 Å². The topological polar surface area (TPSA) is 78.1 Å². The first-order valence-corrected chi connectivity index (χ1v) is 9.23. The van der Waals surface area contributed by atoms with Crippen molar-refractivity contribution in [2.75, 3.05) is 6.54 Å². The number of aromatic amines is 1. The molecule has 1 saturated carbocycles. The van der Waals surface area contributed by atoms with Crippen LogP contribution in [0.2, 0.25) is 0 Å². The summed E-state index contributed by atoms with van der Waals surface area (Å²) in [6.07, 6.45) is 5.33. The van der Waals surface area contributed by atoms with Gasteiger partial charge in [-0.15, -0.1) is 0 Å². The number of hydrogen-bond donors (Lipinski definition) is 2. The third-order valence-electron chi connectivity index (χ3n) is 4.41. The van der Waals surface area contributed by atoms with Crippen LogP contribution in [0.1, 0.15) is 50.4 Å². The molecule has 118 valence electrons. The van der Waals surface area contributed by atoms with E-state index in [9.17, 15) is 8.42 Å². The lowest BCUT2D eigenvalue weighted by Gasteiger charge is -2.32. The lowest BCUT2D eigenvalue weighted by Crippen LogP contribution is -2.42. The molecule has 6 nitrogen and oxygen atoms in total. The maximum Gasteiger partial charge on any atom is 0.247 e. The first kappa shape index (κ1) is 15.0. The number of hydrogen-bond acceptors (Lipinski definition) is 4. The Bertz CT molecular complexity index is 606. The number of nitrogens with one attached hydrogen (secondary N) is 2. The van der Waals surface area contributed by atoms with Gasteiger partial charge in [0.05, 0.1) is 11.4 Å². The summed E-state index contributed by atoms with van der Waals surface area (Å²) in [5, 5.41) is 10.4. The van der Waals surface area contributed by atoms with Gasteiger partial charge in [0.15, 0.2) is 0 Å². The highest BCUT2D eigenvalue weighted by molar-refractivity contribution is 7.89. The minimum atomic E-state index is -3.46. The van der Waals surface area contributed by atoms with E-state index in [0.717, 1.165) is 19.3 Å². The first-order valence-electron chi connectivity index (χ1n) is 7.79. The van der Waals surface area contributed by atoms with E-state index >= 15 is 0 Å². The van der Waals surface area contributed by atoms with E-state index in [1.807, 2.05) is 6.92 Å². The maximum atomic E-state index is 13.0. The van der Waals surface area contributed by atoms with Gasteiger partial charge in [-0.2, -0.15) is 9.40 Å². The fraction of sp³-hybridized carbons (Fsp3) is 0.786. The second-order valence-corrected chi connectivity index (χ2v) is 8.07. The molecule has 0 aromatic carbocycles. The number of rotatable bonds is 5. The highest BCUT2D eigenvalue weighted by Gasteiger charge is 2.35. The normalized spacial score (nSPS) is 24.4. The van der Waals surface area contributed by atoms with Crippen LogP contribution >= 0.6 is 0 Å². The van der Waals surface area contributed by atoms with E-state index in [4.69, 9.17) is 0 Å². The Hall–Kier alpha value is -0.920. The molecule has 3 rings (SSSR count). The highest BCUT2D eigenvalue weighted by atomic mass is 32.2. The molecule has 2 aliphatic rings. The van der Waals surface area contributed by atoms with Crippen molar-refractivity contribution in [1.82, 2.24) is 19.8 Å². The van der Waals surface area contributed by atoms with E-state index in [2.05, 4.69) is 15.5 Å². The number of aryl methyl sites for hydroxylation is 1. The number of aromatic nitrogens is 2. The summed E-state index contributed by atoms with van der Waals surface area (Å²) in [7, 11) is -3.46. The molecule has 1 aromatic heterocycles. The molecule has 1 aliphatic heterocycles. The molecule has 2 heterocycles. The van der Waals surface area contributed by atoms with E-state index in [1.54, 1.807) is 11.2 Å². The van der Waals surface area contributed by atoms with E-state index in [0.29, 0.717) is 35.4 Å². The van der Waals surface area contributed by atoms with Gasteiger partial charge in [-0.3, -0.25) is 5.10 Å². The van der Waals surface area contributed by atoms with Crippen LogP contribution < -0.4 is 5.32 Å². The van der Waals surface area contributed by atoms with Gasteiger partial charge in [-0.05, 0) is 39.5 Å². The fourth-order valence-corrected chi connectivity index (χ4v) is 5.04. The Balaban J connectivity index is 1.88. The molecular formula is C14H24N4O2S. The Kier molecular flexibility index (Phi) is 4.07. The van der Waals surface area contributed by atoms with Crippen LogP contribution in [0.3, 0.4) is 0 Å². The van der Waals surface area contributed by atoms with Crippen LogP contribution in [0.15, 0.2) is 4.90 Å². The molecule has 21 heavy (non-hydrogen) atoms. The van der Waals surface area contributed by atoms with Crippen molar-refractivity contribution >= 4 is 10.0 Å². The van der Waals surface area contributed by atoms with Crippen molar-refractivity contribution in [1.29, 1.82) is 0 Å². The van der Waals surface area contributed by atoms with Crippen molar-refractivity contribution < 1.29 is 8.42 Å². The van der Waals surface area contributed by atoms with Crippen molar-refractivity contribution in [3.63, 3.8) is 0 Å². The molecule has 0 spiro atoms. The SMILES string of the molecule is Cc1[nH]nc(CNC2CC2)c1S(=O)(=O)N1CCCCC1C. The van der Waals surface area contributed by atoms with Gasteiger partial charge in [-0.1, -0.05) is 6.42 Å². The summed E-state index contributed by atoms with van der Waals surface area (Å²) in [6, 6.07) is 0.605. The Morgan fingerprint density at radius 3 is 2.76 bits per heavy atom. The summed E-state index contributed by atoms with van der Waals surface area (Å²) >= 11 is 0. The average Bonchev–Trinajstić information content (AvgIpc) is 3.19. The van der Waals surface area contributed by atoms with Crippen LogP contribution in [0.5, 0.6) is 0 Å². The Morgan fingerprint density at radius 2 is 2.10 bits per heavy atom. The predicted octanol–water partition coefficient (Wildman–Crippen LogP) is 1.53. The average molecular weight is 312 g/mol. The molecule has 1 saturated heterocycles. The van der Waals surface area contributed by atoms with Crippen molar-refractivity contribution in [3.05, 3.63) is 11.4 Å². The number of sulfonamides is 1. The van der Waals surface area contributed by atoms with Gasteiger partial charge in [-0.25, -0.2) is 8.42 Å². The van der Waals surface area contributed by atoms with Crippen LogP contribution in [0.25, 0.3) is 0 Å². The third-order valence-corrected chi connectivity index (χ3v) is 6.62. The molecule has 0 radical (unpaired) electrons. The van der Waals surface area contributed by atoms with Gasteiger partial charge in [0.25, 0.3) is 0 Å². The largest absolute Gasteiger partial charge is 0.308 e. The molecule has 1 atom stereocenters. The summed E-state index contributed by atoms with van der Waals surface area (Å²) in [4.78, 5) is 0.379. The number of piperidine rings is 1. The van der Waals surface area contributed by atoms with Gasteiger partial charge in [0.1, 0.15) is 4.90 Å². The van der Waals surface area contributed by atoms with Crippen LogP contribution in [0.4, 0.5) is 0 Å². The first-order chi connectivity index (χ1) is 10.00. The van der Waals surface area contributed by atoms with Gasteiger partial charge < -0.3 is 5.32 Å². The van der Waals surface area contributed by atoms with E-state index in [1.165, 1.54) is 12.8 Å². The molecule has 0 amide bonds. The summed E-state index contributed by atoms with van der Waals surface area (Å²) in [5.41, 5.74) is 1.26. The smallest absolute Gasteiger partial charge is 0.247 e. The van der Waals surface area contributed by atoms with E-state index in [-0.39, 0.29) is 6.04 Å². The molecule has 1 aromatic rings. The van der Waals surface area contributed by atoms with E-state index < -0.39 is 10.0 Å². The van der Waals surface area contributed by atoms with Crippen LogP contribution in [-0.4, -0.2) is 41.5 Å². The predicted molar refractivity (Wildman–Crippen MR) is 80.4 cm³/mol. The van der Waals surface area contributed by atoms with Gasteiger partial charge >= 0.3 is 0 Å². The monoisotopic (exact) mass is 312 g/mol. The second kappa shape index (κ2) is 5.70. The van der Waals surface area contributed by atoms with Gasteiger partial charge in [0.2, 0.25) is 10.0 Å². The molecular weight excluding hydrogens is 288 g/mol. The zero-order chi connectivity index (χ0) is 15.0. The van der Waals surface area contributed by atoms with Crippen molar-refractivity contribution in [2.24, 2.45) is 0 Å². The molecule has 2 fully saturated rings. The minimum Gasteiger partial charge on any atom is -0.308 e. The lowest BCUT2D eigenvalue weighted by atomic mass is 10.1. The van der Waals surface area contributed by atoms with Gasteiger partial charge in [0, 0.05) is 25.2 Å². The Morgan fingerprint density at radius 1 is 1.33 bits per heavy atom. The van der Waals surface area contributed by atoms with Crippen LogP contribution in [-0.2, 0) is 16.6 Å². The fourth-order valence-electron chi connectivity index (χ4n) is 3.01. The second-order valence-electron chi connectivity index (χ2n) is 6.24. The molecule has 7 heteroatoms. The lowest BCUT2D eigenvalue weighted by molar-refractivity contribution is 0.268. The molecule has 1 aliphatic carbocycles. The zero-order valence-electron chi connectivity index (χ0n) is 12.7. The standard InChI is InChI=1S/C14H24N4O2S/c1-10-5-3-4-8-18(10)21(19,20)14-11(2)16-17-13(14)9-15-12-6-7-12/h10,12,15H,3-9H2,1-2H3,(H,16,17). The maximum absolute atomic E-state index is 13.0. The number of nitrogens with zero attached hydrogens (tertiary/aromatic N) is 2. The summed E-state index contributed by atoms with van der Waals surface area (Å²) < 4.78 is 27.6. The number of H-pyrrole nitrogens is 1. The van der Waals surface area contributed by atoms with Crippen molar-refractivity contribution in [3.8, 4) is 0 Å². The third kappa shape index (κ3) is 3.00. The quantitative estimate of drug-likeness (QED) is 0.864. The zero-order valence-corrected chi connectivity index (χ0v) is 13.5. The molecule has 0 bridgehead atoms. The van der Waals surface area contributed by atoms with Crippen LogP contribution in [0, 0.1) is 6.92 Å².